The molecule has 130 valence electrons. The quantitative estimate of drug-likeness (QED) is 0.523. The standard InChI is InChI=1S/C19H16Cl3NO2/c20-14-6-7-19(25-12-16-17(21)4-1-5-18(16)22)13(9-14)10-23-11-15-3-2-8-24-15/h1-9,23H,10-12H2. The molecular formula is C19H16Cl3NO2. The largest absolute Gasteiger partial charge is 0.488 e. The molecule has 1 aromatic heterocycles. The van der Waals surface area contributed by atoms with Gasteiger partial charge in [0.15, 0.2) is 0 Å². The molecule has 1 N–H and O–H groups in total. The molecular weight excluding hydrogens is 381 g/mol. The Kier molecular flexibility index (Phi) is 6.27. The maximum atomic E-state index is 6.19. The molecule has 0 radical (unpaired) electrons. The Morgan fingerprint density at radius 3 is 2.44 bits per heavy atom. The van der Waals surface area contributed by atoms with Crippen LogP contribution in [0.2, 0.25) is 15.1 Å². The number of rotatable bonds is 7. The summed E-state index contributed by atoms with van der Waals surface area (Å²) in [6.07, 6.45) is 1.65. The number of hydrogen-bond acceptors (Lipinski definition) is 3. The van der Waals surface area contributed by atoms with E-state index in [0.717, 1.165) is 22.6 Å². The minimum absolute atomic E-state index is 0.283. The van der Waals surface area contributed by atoms with Crippen molar-refractivity contribution < 1.29 is 9.15 Å². The third-order valence-corrected chi connectivity index (χ3v) is 4.59. The van der Waals surface area contributed by atoms with Crippen LogP contribution in [-0.2, 0) is 19.7 Å². The van der Waals surface area contributed by atoms with E-state index in [1.807, 2.05) is 24.3 Å². The highest BCUT2D eigenvalue weighted by Crippen LogP contribution is 2.28. The number of hydrogen-bond donors (Lipinski definition) is 1. The summed E-state index contributed by atoms with van der Waals surface area (Å²) in [4.78, 5) is 0. The van der Waals surface area contributed by atoms with E-state index in [9.17, 15) is 0 Å². The molecule has 0 spiro atoms. The van der Waals surface area contributed by atoms with Crippen LogP contribution in [-0.4, -0.2) is 0 Å². The van der Waals surface area contributed by atoms with Crippen molar-refractivity contribution in [1.29, 1.82) is 0 Å². The van der Waals surface area contributed by atoms with Gasteiger partial charge in [-0.2, -0.15) is 0 Å². The molecule has 0 amide bonds. The van der Waals surface area contributed by atoms with Crippen molar-refractivity contribution in [2.75, 3.05) is 0 Å². The van der Waals surface area contributed by atoms with Crippen LogP contribution in [0.3, 0.4) is 0 Å². The van der Waals surface area contributed by atoms with Crippen molar-refractivity contribution in [3.8, 4) is 5.75 Å². The van der Waals surface area contributed by atoms with Crippen molar-refractivity contribution in [2.45, 2.75) is 19.7 Å². The fraction of sp³-hybridized carbons (Fsp3) is 0.158. The van der Waals surface area contributed by atoms with Crippen LogP contribution in [0.1, 0.15) is 16.9 Å². The lowest BCUT2D eigenvalue weighted by Gasteiger charge is -2.14. The first kappa shape index (κ1) is 18.2. The van der Waals surface area contributed by atoms with E-state index in [1.54, 1.807) is 30.5 Å². The Morgan fingerprint density at radius 1 is 0.920 bits per heavy atom. The zero-order valence-electron chi connectivity index (χ0n) is 13.3. The van der Waals surface area contributed by atoms with Gasteiger partial charge in [0.1, 0.15) is 18.1 Å². The third-order valence-electron chi connectivity index (χ3n) is 3.65. The zero-order valence-corrected chi connectivity index (χ0v) is 15.5. The van der Waals surface area contributed by atoms with Crippen LogP contribution in [0.25, 0.3) is 0 Å². The maximum Gasteiger partial charge on any atom is 0.124 e. The Hall–Kier alpha value is -1.65. The smallest absolute Gasteiger partial charge is 0.124 e. The normalized spacial score (nSPS) is 10.8. The van der Waals surface area contributed by atoms with Crippen LogP contribution < -0.4 is 10.1 Å². The Morgan fingerprint density at radius 2 is 1.72 bits per heavy atom. The second kappa shape index (κ2) is 8.63. The molecule has 0 unspecified atom stereocenters. The van der Waals surface area contributed by atoms with E-state index in [-0.39, 0.29) is 6.61 Å². The van der Waals surface area contributed by atoms with Crippen molar-refractivity contribution in [1.82, 2.24) is 5.32 Å². The molecule has 0 fully saturated rings. The van der Waals surface area contributed by atoms with Gasteiger partial charge in [0.2, 0.25) is 0 Å². The molecule has 3 nitrogen and oxygen atoms in total. The maximum absolute atomic E-state index is 6.19. The summed E-state index contributed by atoms with van der Waals surface area (Å²) in [5.74, 6) is 1.60. The first-order chi connectivity index (χ1) is 12.1. The molecule has 3 rings (SSSR count). The molecule has 1 heterocycles. The van der Waals surface area contributed by atoms with E-state index in [0.29, 0.717) is 28.2 Å². The lowest BCUT2D eigenvalue weighted by atomic mass is 10.2. The third kappa shape index (κ3) is 4.93. The number of benzene rings is 2. The van der Waals surface area contributed by atoms with Gasteiger partial charge in [0, 0.05) is 32.7 Å². The van der Waals surface area contributed by atoms with Gasteiger partial charge in [-0.05, 0) is 42.5 Å². The van der Waals surface area contributed by atoms with Crippen LogP contribution >= 0.6 is 34.8 Å². The van der Waals surface area contributed by atoms with E-state index in [4.69, 9.17) is 44.0 Å². The van der Waals surface area contributed by atoms with Crippen LogP contribution in [0, 0.1) is 0 Å². The number of nitrogens with one attached hydrogen (secondary N) is 1. The monoisotopic (exact) mass is 395 g/mol. The minimum atomic E-state index is 0.283. The SMILES string of the molecule is Clc1ccc(OCc2c(Cl)cccc2Cl)c(CNCc2ccco2)c1. The van der Waals surface area contributed by atoms with E-state index < -0.39 is 0 Å². The summed E-state index contributed by atoms with van der Waals surface area (Å²) in [5, 5.41) is 5.12. The van der Waals surface area contributed by atoms with Gasteiger partial charge >= 0.3 is 0 Å². The molecule has 0 aliphatic rings. The zero-order chi connectivity index (χ0) is 17.6. The van der Waals surface area contributed by atoms with Crippen LogP contribution in [0.5, 0.6) is 5.75 Å². The van der Waals surface area contributed by atoms with Crippen molar-refractivity contribution in [3.63, 3.8) is 0 Å². The fourth-order valence-corrected chi connectivity index (χ4v) is 3.08. The highest BCUT2D eigenvalue weighted by molar-refractivity contribution is 6.36. The van der Waals surface area contributed by atoms with E-state index in [2.05, 4.69) is 5.32 Å². The lowest BCUT2D eigenvalue weighted by Crippen LogP contribution is -2.13. The van der Waals surface area contributed by atoms with Gasteiger partial charge in [-0.3, -0.25) is 0 Å². The summed E-state index contributed by atoms with van der Waals surface area (Å²) >= 11 is 18.5. The Balaban J connectivity index is 1.68. The van der Waals surface area contributed by atoms with Crippen molar-refractivity contribution >= 4 is 34.8 Å². The molecule has 0 aliphatic carbocycles. The molecule has 0 atom stereocenters. The second-order valence-corrected chi connectivity index (χ2v) is 6.67. The number of furan rings is 1. The summed E-state index contributed by atoms with van der Waals surface area (Å²) in [5.41, 5.74) is 1.71. The van der Waals surface area contributed by atoms with Crippen molar-refractivity contribution in [2.24, 2.45) is 0 Å². The van der Waals surface area contributed by atoms with Gasteiger partial charge in [-0.25, -0.2) is 0 Å². The van der Waals surface area contributed by atoms with Gasteiger partial charge in [-0.1, -0.05) is 40.9 Å². The summed E-state index contributed by atoms with van der Waals surface area (Å²) in [6.45, 7) is 1.49. The predicted octanol–water partition coefficient (Wildman–Crippen LogP) is 6.11. The first-order valence-electron chi connectivity index (χ1n) is 7.70. The molecule has 2 aromatic carbocycles. The predicted molar refractivity (Wildman–Crippen MR) is 101 cm³/mol. The summed E-state index contributed by atoms with van der Waals surface area (Å²) in [6, 6.07) is 14.7. The van der Waals surface area contributed by atoms with Gasteiger partial charge < -0.3 is 14.5 Å². The van der Waals surface area contributed by atoms with Crippen molar-refractivity contribution in [3.05, 3.63) is 86.7 Å². The molecule has 0 bridgehead atoms. The molecule has 25 heavy (non-hydrogen) atoms. The first-order valence-corrected chi connectivity index (χ1v) is 8.84. The van der Waals surface area contributed by atoms with Gasteiger partial charge in [0.05, 0.1) is 12.8 Å². The Bertz CT molecular complexity index is 814. The van der Waals surface area contributed by atoms with E-state index >= 15 is 0 Å². The summed E-state index contributed by atoms with van der Waals surface area (Å²) < 4.78 is 11.2. The highest BCUT2D eigenvalue weighted by atomic mass is 35.5. The average molecular weight is 397 g/mol. The number of halogens is 3. The van der Waals surface area contributed by atoms with Gasteiger partial charge in [0.25, 0.3) is 0 Å². The summed E-state index contributed by atoms with van der Waals surface area (Å²) in [7, 11) is 0. The molecule has 6 heteroatoms. The van der Waals surface area contributed by atoms with E-state index in [1.165, 1.54) is 0 Å². The molecule has 0 aliphatic heterocycles. The second-order valence-electron chi connectivity index (χ2n) is 5.42. The fourth-order valence-electron chi connectivity index (χ4n) is 2.38. The van der Waals surface area contributed by atoms with Crippen LogP contribution in [0.4, 0.5) is 0 Å². The minimum Gasteiger partial charge on any atom is -0.488 e. The topological polar surface area (TPSA) is 34.4 Å². The van der Waals surface area contributed by atoms with Crippen LogP contribution in [0.15, 0.2) is 59.2 Å². The Labute approximate surface area is 161 Å². The number of ether oxygens (including phenoxy) is 1. The average Bonchev–Trinajstić information content (AvgIpc) is 3.09. The lowest BCUT2D eigenvalue weighted by molar-refractivity contribution is 0.302. The molecule has 0 saturated heterocycles. The molecule has 0 saturated carbocycles. The highest BCUT2D eigenvalue weighted by Gasteiger charge is 2.10. The molecule has 3 aromatic rings. The van der Waals surface area contributed by atoms with Gasteiger partial charge in [-0.15, -0.1) is 0 Å².